The Kier molecular flexibility index (Phi) is 4.72. The van der Waals surface area contributed by atoms with E-state index >= 15 is 0 Å². The van der Waals surface area contributed by atoms with Crippen LogP contribution >= 0.6 is 11.6 Å². The number of hydrogen-bond donors (Lipinski definition) is 1. The number of anilines is 1. The summed E-state index contributed by atoms with van der Waals surface area (Å²) in [6.07, 6.45) is -3.63. The van der Waals surface area contributed by atoms with Crippen LogP contribution in [0.15, 0.2) is 12.3 Å². The molecule has 20 heavy (non-hydrogen) atoms. The van der Waals surface area contributed by atoms with Crippen molar-refractivity contribution < 1.29 is 18.3 Å². The van der Waals surface area contributed by atoms with Crippen LogP contribution < -0.4 is 4.90 Å². The molecule has 0 amide bonds. The fourth-order valence-electron chi connectivity index (χ4n) is 2.14. The minimum Gasteiger partial charge on any atom is -0.395 e. The second-order valence-corrected chi connectivity index (χ2v) is 4.99. The lowest BCUT2D eigenvalue weighted by molar-refractivity contribution is -0.137. The van der Waals surface area contributed by atoms with Crippen molar-refractivity contribution in [2.45, 2.75) is 6.18 Å². The molecule has 0 unspecified atom stereocenters. The molecule has 2 heterocycles. The quantitative estimate of drug-likeness (QED) is 0.925. The number of nitrogens with zero attached hydrogens (tertiary/aromatic N) is 3. The third-order valence-corrected chi connectivity index (χ3v) is 3.52. The number of rotatable bonds is 3. The Bertz CT molecular complexity index is 462. The Morgan fingerprint density at radius 1 is 1.25 bits per heavy atom. The zero-order valence-corrected chi connectivity index (χ0v) is 11.5. The van der Waals surface area contributed by atoms with Crippen LogP contribution in [0.1, 0.15) is 5.56 Å². The smallest absolute Gasteiger partial charge is 0.395 e. The number of alkyl halides is 3. The topological polar surface area (TPSA) is 39.6 Å². The lowest BCUT2D eigenvalue weighted by Crippen LogP contribution is -2.47. The molecule has 1 aliphatic heterocycles. The molecule has 0 saturated carbocycles. The Morgan fingerprint density at radius 3 is 2.40 bits per heavy atom. The molecule has 1 aromatic rings. The van der Waals surface area contributed by atoms with Crippen LogP contribution in [-0.2, 0) is 6.18 Å². The van der Waals surface area contributed by atoms with Crippen LogP contribution in [0.25, 0.3) is 0 Å². The lowest BCUT2D eigenvalue weighted by Gasteiger charge is -2.35. The number of aliphatic hydroxyl groups excluding tert-OH is 1. The Hall–Kier alpha value is -1.05. The van der Waals surface area contributed by atoms with Crippen molar-refractivity contribution in [3.8, 4) is 0 Å². The third-order valence-electron chi connectivity index (χ3n) is 3.24. The molecule has 0 spiro atoms. The molecule has 0 aliphatic carbocycles. The van der Waals surface area contributed by atoms with Crippen molar-refractivity contribution in [3.63, 3.8) is 0 Å². The average molecular weight is 310 g/mol. The van der Waals surface area contributed by atoms with Gasteiger partial charge in [-0.2, -0.15) is 13.2 Å². The second kappa shape index (κ2) is 6.15. The summed E-state index contributed by atoms with van der Waals surface area (Å²) in [4.78, 5) is 7.78. The Morgan fingerprint density at radius 2 is 1.90 bits per heavy atom. The molecule has 8 heteroatoms. The largest absolute Gasteiger partial charge is 0.417 e. The van der Waals surface area contributed by atoms with Gasteiger partial charge in [0.15, 0.2) is 0 Å². The highest BCUT2D eigenvalue weighted by molar-refractivity contribution is 6.33. The maximum absolute atomic E-state index is 12.5. The van der Waals surface area contributed by atoms with Gasteiger partial charge in [-0.1, -0.05) is 11.6 Å². The fraction of sp³-hybridized carbons (Fsp3) is 0.583. The third kappa shape index (κ3) is 3.53. The number of pyridine rings is 1. The summed E-state index contributed by atoms with van der Waals surface area (Å²) in [5.74, 6) is 0.378. The molecule has 4 nitrogen and oxygen atoms in total. The first-order chi connectivity index (χ1) is 9.41. The van der Waals surface area contributed by atoms with Crippen LogP contribution in [0.2, 0.25) is 5.02 Å². The van der Waals surface area contributed by atoms with Crippen molar-refractivity contribution in [2.24, 2.45) is 0 Å². The van der Waals surface area contributed by atoms with Crippen molar-refractivity contribution in [1.29, 1.82) is 0 Å². The van der Waals surface area contributed by atoms with Gasteiger partial charge in [-0.15, -0.1) is 0 Å². The molecule has 2 rings (SSSR count). The number of halogens is 4. The predicted octanol–water partition coefficient (Wildman–Crippen LogP) is 1.87. The maximum atomic E-state index is 12.5. The van der Waals surface area contributed by atoms with Crippen molar-refractivity contribution in [3.05, 3.63) is 22.8 Å². The number of β-amino-alcohol motifs (C(OH)–C–C–N with tert-alkyl or cyclic N) is 1. The van der Waals surface area contributed by atoms with E-state index in [1.807, 2.05) is 4.90 Å². The first kappa shape index (κ1) is 15.3. The van der Waals surface area contributed by atoms with Gasteiger partial charge in [-0.05, 0) is 6.07 Å². The van der Waals surface area contributed by atoms with E-state index in [0.29, 0.717) is 25.5 Å². The lowest BCUT2D eigenvalue weighted by atomic mass is 10.2. The zero-order chi connectivity index (χ0) is 14.8. The van der Waals surface area contributed by atoms with E-state index in [0.717, 1.165) is 25.4 Å². The molecular formula is C12H15ClF3N3O. The van der Waals surface area contributed by atoms with Gasteiger partial charge in [0.25, 0.3) is 0 Å². The first-order valence-electron chi connectivity index (χ1n) is 6.22. The average Bonchev–Trinajstić information content (AvgIpc) is 2.39. The molecule has 0 radical (unpaired) electrons. The van der Waals surface area contributed by atoms with Crippen LogP contribution in [0, 0.1) is 0 Å². The molecule has 1 N–H and O–H groups in total. The van der Waals surface area contributed by atoms with E-state index in [-0.39, 0.29) is 11.6 Å². The van der Waals surface area contributed by atoms with Gasteiger partial charge in [0.2, 0.25) is 0 Å². The summed E-state index contributed by atoms with van der Waals surface area (Å²) in [7, 11) is 0. The molecule has 0 bridgehead atoms. The van der Waals surface area contributed by atoms with E-state index in [1.165, 1.54) is 0 Å². The van der Waals surface area contributed by atoms with E-state index in [9.17, 15) is 13.2 Å². The Balaban J connectivity index is 2.07. The van der Waals surface area contributed by atoms with Crippen LogP contribution in [-0.4, -0.2) is 54.3 Å². The van der Waals surface area contributed by atoms with Crippen molar-refractivity contribution in [1.82, 2.24) is 9.88 Å². The van der Waals surface area contributed by atoms with Gasteiger partial charge in [0, 0.05) is 38.9 Å². The summed E-state index contributed by atoms with van der Waals surface area (Å²) in [5.41, 5.74) is -0.842. The number of hydrogen-bond acceptors (Lipinski definition) is 4. The highest BCUT2D eigenvalue weighted by Crippen LogP contribution is 2.33. The molecule has 1 fully saturated rings. The van der Waals surface area contributed by atoms with Crippen molar-refractivity contribution in [2.75, 3.05) is 44.2 Å². The van der Waals surface area contributed by atoms with E-state index in [1.54, 1.807) is 0 Å². The molecule has 0 atom stereocenters. The van der Waals surface area contributed by atoms with Gasteiger partial charge in [-0.3, -0.25) is 4.90 Å². The van der Waals surface area contributed by atoms with Gasteiger partial charge in [0.1, 0.15) is 5.82 Å². The van der Waals surface area contributed by atoms with Crippen LogP contribution in [0.4, 0.5) is 19.0 Å². The normalized spacial score (nSPS) is 17.6. The number of aromatic nitrogens is 1. The van der Waals surface area contributed by atoms with Crippen LogP contribution in [0.5, 0.6) is 0 Å². The van der Waals surface area contributed by atoms with Gasteiger partial charge < -0.3 is 10.0 Å². The molecule has 1 saturated heterocycles. The van der Waals surface area contributed by atoms with E-state index in [4.69, 9.17) is 16.7 Å². The summed E-state index contributed by atoms with van der Waals surface area (Å²) in [6.45, 7) is 3.39. The van der Waals surface area contributed by atoms with Crippen molar-refractivity contribution >= 4 is 17.4 Å². The van der Waals surface area contributed by atoms with Gasteiger partial charge in [-0.25, -0.2) is 4.98 Å². The highest BCUT2D eigenvalue weighted by atomic mass is 35.5. The van der Waals surface area contributed by atoms with Gasteiger partial charge in [0.05, 0.1) is 17.2 Å². The summed E-state index contributed by atoms with van der Waals surface area (Å²) in [6, 6.07) is 0.907. The monoisotopic (exact) mass is 309 g/mol. The molecule has 1 aromatic heterocycles. The minimum absolute atomic E-state index is 0.00966. The van der Waals surface area contributed by atoms with E-state index in [2.05, 4.69) is 9.88 Å². The highest BCUT2D eigenvalue weighted by Gasteiger charge is 2.32. The van der Waals surface area contributed by atoms with Crippen LogP contribution in [0.3, 0.4) is 0 Å². The summed E-state index contributed by atoms with van der Waals surface area (Å²) < 4.78 is 37.6. The van der Waals surface area contributed by atoms with Gasteiger partial charge >= 0.3 is 6.18 Å². The molecule has 0 aromatic carbocycles. The fourth-order valence-corrected chi connectivity index (χ4v) is 2.43. The first-order valence-corrected chi connectivity index (χ1v) is 6.60. The summed E-state index contributed by atoms with van der Waals surface area (Å²) in [5, 5.41) is 8.87. The zero-order valence-electron chi connectivity index (χ0n) is 10.7. The van der Waals surface area contributed by atoms with E-state index < -0.39 is 11.7 Å². The summed E-state index contributed by atoms with van der Waals surface area (Å²) >= 11 is 5.91. The molecule has 1 aliphatic rings. The SMILES string of the molecule is OCCN1CCN(c2ncc(C(F)(F)F)cc2Cl)CC1. The predicted molar refractivity (Wildman–Crippen MR) is 70.0 cm³/mol. The Labute approximate surface area is 119 Å². The second-order valence-electron chi connectivity index (χ2n) is 4.58. The number of piperazine rings is 1. The molecule has 112 valence electrons. The number of aliphatic hydroxyl groups is 1. The minimum atomic E-state index is -4.44. The maximum Gasteiger partial charge on any atom is 0.417 e. The standard InChI is InChI=1S/C12H15ClF3N3O/c13-10-7-9(12(14,15)16)8-17-11(10)19-3-1-18(2-4-19)5-6-20/h7-8,20H,1-6H2. The molecular weight excluding hydrogens is 295 g/mol.